The van der Waals surface area contributed by atoms with Gasteiger partial charge in [-0.15, -0.1) is 0 Å². The molecule has 0 aromatic heterocycles. The third kappa shape index (κ3) is 3.47. The monoisotopic (exact) mass is 214 g/mol. The number of likely N-dealkylation sites (N-methyl/N-ethyl adjacent to an activating group) is 1. The number of aliphatic hydroxyl groups is 1. The first-order valence-electron chi connectivity index (χ1n) is 5.79. The molecule has 1 saturated heterocycles. The first-order valence-corrected chi connectivity index (χ1v) is 5.79. The van der Waals surface area contributed by atoms with E-state index in [2.05, 4.69) is 11.8 Å². The SMILES string of the molecule is CCN(CCO)C[C@H]1CCCN1C(C)=O. The van der Waals surface area contributed by atoms with E-state index in [0.29, 0.717) is 12.6 Å². The minimum absolute atomic E-state index is 0.178. The van der Waals surface area contributed by atoms with Gasteiger partial charge < -0.3 is 10.0 Å². The number of amides is 1. The number of carbonyl (C=O) groups is 1. The van der Waals surface area contributed by atoms with Crippen molar-refractivity contribution in [3.05, 3.63) is 0 Å². The largest absolute Gasteiger partial charge is 0.395 e. The Kier molecular flexibility index (Phi) is 5.05. The summed E-state index contributed by atoms with van der Waals surface area (Å²) in [6, 6.07) is 0.356. The molecule has 0 spiro atoms. The highest BCUT2D eigenvalue weighted by atomic mass is 16.3. The summed E-state index contributed by atoms with van der Waals surface area (Å²) >= 11 is 0. The van der Waals surface area contributed by atoms with Gasteiger partial charge in [-0.25, -0.2) is 0 Å². The number of carbonyl (C=O) groups excluding carboxylic acids is 1. The Labute approximate surface area is 91.9 Å². The molecule has 1 atom stereocenters. The Morgan fingerprint density at radius 2 is 2.33 bits per heavy atom. The fourth-order valence-corrected chi connectivity index (χ4v) is 2.26. The van der Waals surface area contributed by atoms with Crippen molar-refractivity contribution in [1.29, 1.82) is 0 Å². The second kappa shape index (κ2) is 6.08. The summed E-state index contributed by atoms with van der Waals surface area (Å²) in [6.07, 6.45) is 2.21. The van der Waals surface area contributed by atoms with Crippen LogP contribution in [0.15, 0.2) is 0 Å². The van der Waals surface area contributed by atoms with Crippen LogP contribution in [-0.2, 0) is 4.79 Å². The van der Waals surface area contributed by atoms with Gasteiger partial charge in [-0.05, 0) is 19.4 Å². The van der Waals surface area contributed by atoms with Crippen LogP contribution in [-0.4, -0.2) is 59.6 Å². The molecule has 0 aromatic carbocycles. The van der Waals surface area contributed by atoms with Crippen LogP contribution in [0.5, 0.6) is 0 Å². The van der Waals surface area contributed by atoms with E-state index in [-0.39, 0.29) is 12.5 Å². The summed E-state index contributed by atoms with van der Waals surface area (Å²) in [5.74, 6) is 0.178. The summed E-state index contributed by atoms with van der Waals surface area (Å²) in [5.41, 5.74) is 0. The lowest BCUT2D eigenvalue weighted by Gasteiger charge is -2.29. The van der Waals surface area contributed by atoms with Gasteiger partial charge in [-0.1, -0.05) is 6.92 Å². The Balaban J connectivity index is 2.44. The summed E-state index contributed by atoms with van der Waals surface area (Å²) in [4.78, 5) is 15.5. The van der Waals surface area contributed by atoms with Crippen molar-refractivity contribution < 1.29 is 9.90 Å². The summed E-state index contributed by atoms with van der Waals surface area (Å²) in [7, 11) is 0. The quantitative estimate of drug-likeness (QED) is 0.716. The minimum atomic E-state index is 0.178. The maximum Gasteiger partial charge on any atom is 0.219 e. The average Bonchev–Trinajstić information content (AvgIpc) is 2.65. The average molecular weight is 214 g/mol. The molecule has 0 unspecified atom stereocenters. The van der Waals surface area contributed by atoms with Crippen LogP contribution in [0.1, 0.15) is 26.7 Å². The van der Waals surface area contributed by atoms with Crippen molar-refractivity contribution in [2.75, 3.05) is 32.8 Å². The van der Waals surface area contributed by atoms with Gasteiger partial charge >= 0.3 is 0 Å². The van der Waals surface area contributed by atoms with E-state index in [1.165, 1.54) is 0 Å². The molecule has 4 heteroatoms. The molecule has 1 aliphatic rings. The van der Waals surface area contributed by atoms with Crippen LogP contribution in [0.3, 0.4) is 0 Å². The molecule has 15 heavy (non-hydrogen) atoms. The van der Waals surface area contributed by atoms with Crippen molar-refractivity contribution in [3.8, 4) is 0 Å². The fraction of sp³-hybridized carbons (Fsp3) is 0.909. The zero-order valence-corrected chi connectivity index (χ0v) is 9.78. The first kappa shape index (κ1) is 12.5. The van der Waals surface area contributed by atoms with Gasteiger partial charge in [0.15, 0.2) is 0 Å². The van der Waals surface area contributed by atoms with Gasteiger partial charge in [0.1, 0.15) is 0 Å². The molecule has 1 heterocycles. The van der Waals surface area contributed by atoms with E-state index in [9.17, 15) is 4.79 Å². The first-order chi connectivity index (χ1) is 7.19. The smallest absolute Gasteiger partial charge is 0.219 e. The molecule has 0 aromatic rings. The highest BCUT2D eigenvalue weighted by Gasteiger charge is 2.27. The van der Waals surface area contributed by atoms with E-state index in [4.69, 9.17) is 5.11 Å². The maximum absolute atomic E-state index is 11.3. The zero-order valence-electron chi connectivity index (χ0n) is 9.78. The van der Waals surface area contributed by atoms with Crippen LogP contribution < -0.4 is 0 Å². The topological polar surface area (TPSA) is 43.8 Å². The summed E-state index contributed by atoms with van der Waals surface area (Å²) < 4.78 is 0. The lowest BCUT2D eigenvalue weighted by atomic mass is 10.2. The second-order valence-corrected chi connectivity index (χ2v) is 4.13. The van der Waals surface area contributed by atoms with Gasteiger partial charge in [0.25, 0.3) is 0 Å². The second-order valence-electron chi connectivity index (χ2n) is 4.13. The molecule has 4 nitrogen and oxygen atoms in total. The number of rotatable bonds is 5. The molecule has 1 rings (SSSR count). The summed E-state index contributed by atoms with van der Waals surface area (Å²) in [6.45, 7) is 7.36. The molecule has 0 aliphatic carbocycles. The normalized spacial score (nSPS) is 21.3. The van der Waals surface area contributed by atoms with E-state index >= 15 is 0 Å². The van der Waals surface area contributed by atoms with E-state index in [0.717, 1.165) is 32.5 Å². The van der Waals surface area contributed by atoms with E-state index in [1.807, 2.05) is 4.90 Å². The van der Waals surface area contributed by atoms with Crippen LogP contribution in [0.4, 0.5) is 0 Å². The van der Waals surface area contributed by atoms with Crippen LogP contribution >= 0.6 is 0 Å². The Hall–Kier alpha value is -0.610. The third-order valence-corrected chi connectivity index (χ3v) is 3.11. The van der Waals surface area contributed by atoms with Gasteiger partial charge in [0, 0.05) is 32.6 Å². The zero-order chi connectivity index (χ0) is 11.3. The lowest BCUT2D eigenvalue weighted by molar-refractivity contribution is -0.129. The minimum Gasteiger partial charge on any atom is -0.395 e. The predicted molar refractivity (Wildman–Crippen MR) is 59.6 cm³/mol. The van der Waals surface area contributed by atoms with E-state index in [1.54, 1.807) is 6.92 Å². The molecular formula is C11H22N2O2. The molecule has 0 radical (unpaired) electrons. The van der Waals surface area contributed by atoms with Crippen molar-refractivity contribution in [3.63, 3.8) is 0 Å². The van der Waals surface area contributed by atoms with Crippen molar-refractivity contribution in [2.45, 2.75) is 32.7 Å². The number of hydrogen-bond donors (Lipinski definition) is 1. The third-order valence-electron chi connectivity index (χ3n) is 3.11. The van der Waals surface area contributed by atoms with Gasteiger partial charge in [-0.3, -0.25) is 9.69 Å². The van der Waals surface area contributed by atoms with Gasteiger partial charge in [0.2, 0.25) is 5.91 Å². The number of likely N-dealkylation sites (tertiary alicyclic amines) is 1. The Bertz CT molecular complexity index is 209. The van der Waals surface area contributed by atoms with E-state index < -0.39 is 0 Å². The molecule has 1 N–H and O–H groups in total. The van der Waals surface area contributed by atoms with Crippen LogP contribution in [0.25, 0.3) is 0 Å². The molecule has 0 bridgehead atoms. The van der Waals surface area contributed by atoms with Gasteiger partial charge in [-0.2, -0.15) is 0 Å². The Morgan fingerprint density at radius 3 is 2.87 bits per heavy atom. The molecular weight excluding hydrogens is 192 g/mol. The number of hydrogen-bond acceptors (Lipinski definition) is 3. The highest BCUT2D eigenvalue weighted by molar-refractivity contribution is 5.73. The van der Waals surface area contributed by atoms with Crippen molar-refractivity contribution >= 4 is 5.91 Å². The maximum atomic E-state index is 11.3. The Morgan fingerprint density at radius 1 is 1.60 bits per heavy atom. The van der Waals surface area contributed by atoms with Crippen LogP contribution in [0, 0.1) is 0 Å². The van der Waals surface area contributed by atoms with Crippen molar-refractivity contribution in [2.24, 2.45) is 0 Å². The molecule has 1 amide bonds. The molecule has 1 fully saturated rings. The lowest BCUT2D eigenvalue weighted by Crippen LogP contribution is -2.43. The molecule has 88 valence electrons. The highest BCUT2D eigenvalue weighted by Crippen LogP contribution is 2.18. The molecule has 0 saturated carbocycles. The summed E-state index contributed by atoms with van der Waals surface area (Å²) in [5, 5.41) is 8.89. The fourth-order valence-electron chi connectivity index (χ4n) is 2.26. The predicted octanol–water partition coefficient (Wildman–Crippen LogP) is 0.311. The number of nitrogens with zero attached hydrogens (tertiary/aromatic N) is 2. The van der Waals surface area contributed by atoms with Gasteiger partial charge in [0.05, 0.1) is 6.61 Å². The number of aliphatic hydroxyl groups excluding tert-OH is 1. The van der Waals surface area contributed by atoms with Crippen molar-refractivity contribution in [1.82, 2.24) is 9.80 Å². The molecule has 1 aliphatic heterocycles. The van der Waals surface area contributed by atoms with Crippen LogP contribution in [0.2, 0.25) is 0 Å². The standard InChI is InChI=1S/C11H22N2O2/c1-3-12(7-8-14)9-11-5-4-6-13(11)10(2)15/h11,14H,3-9H2,1-2H3/t11-/m1/s1.